The molecule has 0 radical (unpaired) electrons. The standard InChI is InChI=1S/C19H15OPSi/c20-16-21-22(17-10-4-1-5-11-17,18-12-6-2-7-13-18)19-14-8-3-9-15-19/h1-15H. The Labute approximate surface area is 132 Å². The Hall–Kier alpha value is -2.24. The van der Waals surface area contributed by atoms with E-state index >= 15 is 0 Å². The Morgan fingerprint density at radius 3 is 1.18 bits per heavy atom. The fourth-order valence-electron chi connectivity index (χ4n) is 2.80. The molecule has 22 heavy (non-hydrogen) atoms. The van der Waals surface area contributed by atoms with Gasteiger partial charge in [0.25, 0.3) is 0 Å². The summed E-state index contributed by atoms with van der Waals surface area (Å²) >= 11 is 0. The Morgan fingerprint density at radius 1 is 0.591 bits per heavy atom. The van der Waals surface area contributed by atoms with Crippen LogP contribution in [0.25, 0.3) is 0 Å². The van der Waals surface area contributed by atoms with Crippen molar-refractivity contribution in [3.63, 3.8) is 0 Å². The van der Waals surface area contributed by atoms with Crippen molar-refractivity contribution in [1.29, 1.82) is 0 Å². The van der Waals surface area contributed by atoms with Gasteiger partial charge in [0.15, 0.2) is 0 Å². The van der Waals surface area contributed by atoms with Gasteiger partial charge in [-0.15, -0.1) is 0 Å². The Kier molecular flexibility index (Phi) is 4.46. The quantitative estimate of drug-likeness (QED) is 0.411. The van der Waals surface area contributed by atoms with Crippen molar-refractivity contribution in [1.82, 2.24) is 0 Å². The highest BCUT2D eigenvalue weighted by atomic mass is 31.3. The molecule has 0 aliphatic heterocycles. The zero-order valence-corrected chi connectivity index (χ0v) is 13.9. The molecule has 0 aliphatic carbocycles. The molecule has 0 atom stereocenters. The summed E-state index contributed by atoms with van der Waals surface area (Å²) in [7, 11) is -1.65. The molecular weight excluding hydrogens is 303 g/mol. The SMILES string of the molecule is O=C=P[Si](c1ccccc1)(c1ccccc1)c1ccccc1. The molecule has 0 bridgehead atoms. The molecule has 0 fully saturated rings. The minimum absolute atomic E-state index is 0.729. The third kappa shape index (κ3) is 2.60. The van der Waals surface area contributed by atoms with E-state index in [1.165, 1.54) is 15.6 Å². The molecule has 0 unspecified atom stereocenters. The highest BCUT2D eigenvalue weighted by Crippen LogP contribution is 2.18. The molecule has 0 saturated carbocycles. The van der Waals surface area contributed by atoms with Crippen molar-refractivity contribution in [2.75, 3.05) is 0 Å². The molecule has 0 aliphatic rings. The van der Waals surface area contributed by atoms with E-state index < -0.39 is 7.74 Å². The first-order chi connectivity index (χ1) is 10.9. The molecule has 0 N–H and O–H groups in total. The van der Waals surface area contributed by atoms with Gasteiger partial charge >= 0.3 is 0 Å². The van der Waals surface area contributed by atoms with Crippen LogP contribution in [0.5, 0.6) is 0 Å². The molecule has 3 aromatic carbocycles. The number of benzene rings is 3. The molecule has 0 spiro atoms. The molecular formula is C19H15OPSi. The molecule has 3 heteroatoms. The third-order valence-electron chi connectivity index (χ3n) is 3.79. The Balaban J connectivity index is 2.37. The summed E-state index contributed by atoms with van der Waals surface area (Å²) in [5, 5.41) is 3.70. The van der Waals surface area contributed by atoms with Gasteiger partial charge in [-0.05, 0) is 23.3 Å². The van der Waals surface area contributed by atoms with Crippen LogP contribution in [-0.2, 0) is 4.79 Å². The van der Waals surface area contributed by atoms with E-state index in [0.29, 0.717) is 0 Å². The van der Waals surface area contributed by atoms with E-state index in [4.69, 9.17) is 0 Å². The van der Waals surface area contributed by atoms with Gasteiger partial charge in [0.1, 0.15) is 5.66 Å². The summed E-state index contributed by atoms with van der Waals surface area (Å²) in [4.78, 5) is 11.4. The van der Waals surface area contributed by atoms with Crippen LogP contribution in [-0.4, -0.2) is 13.4 Å². The van der Waals surface area contributed by atoms with Crippen molar-refractivity contribution in [3.8, 4) is 0 Å². The summed E-state index contributed by atoms with van der Waals surface area (Å²) in [5.41, 5.74) is 2.19. The minimum atomic E-state index is -2.38. The van der Waals surface area contributed by atoms with E-state index in [1.807, 2.05) is 54.6 Å². The Bertz CT molecular complexity index is 685. The van der Waals surface area contributed by atoms with Crippen LogP contribution in [0.15, 0.2) is 91.0 Å². The molecule has 3 aromatic rings. The van der Waals surface area contributed by atoms with Crippen LogP contribution in [0.4, 0.5) is 0 Å². The van der Waals surface area contributed by atoms with Gasteiger partial charge in [0, 0.05) is 0 Å². The monoisotopic (exact) mass is 318 g/mol. The predicted molar refractivity (Wildman–Crippen MR) is 96.6 cm³/mol. The maximum atomic E-state index is 11.4. The zero-order chi connectivity index (χ0) is 15.3. The Morgan fingerprint density at radius 2 is 0.909 bits per heavy atom. The van der Waals surface area contributed by atoms with Crippen LogP contribution >= 0.6 is 7.75 Å². The van der Waals surface area contributed by atoms with Crippen LogP contribution in [0.1, 0.15) is 0 Å². The van der Waals surface area contributed by atoms with Crippen LogP contribution < -0.4 is 15.6 Å². The fourth-order valence-corrected chi connectivity index (χ4v) is 9.26. The van der Waals surface area contributed by atoms with Gasteiger partial charge in [-0.3, -0.25) is 0 Å². The molecule has 0 saturated heterocycles. The summed E-state index contributed by atoms with van der Waals surface area (Å²) < 4.78 is 0. The van der Waals surface area contributed by atoms with Gasteiger partial charge in [0.2, 0.25) is 7.74 Å². The highest BCUT2D eigenvalue weighted by Gasteiger charge is 2.38. The predicted octanol–water partition coefficient (Wildman–Crippen LogP) is 2.67. The lowest BCUT2D eigenvalue weighted by molar-refractivity contribution is 0.572. The smallest absolute Gasteiger partial charge is 0.217 e. The molecule has 3 rings (SSSR count). The summed E-state index contributed by atoms with van der Waals surface area (Å²) in [6, 6.07) is 31.1. The van der Waals surface area contributed by atoms with E-state index in [-0.39, 0.29) is 0 Å². The second kappa shape index (κ2) is 6.68. The van der Waals surface area contributed by atoms with Gasteiger partial charge in [0.05, 0.1) is 0 Å². The van der Waals surface area contributed by atoms with Crippen molar-refractivity contribution < 1.29 is 4.79 Å². The van der Waals surface area contributed by atoms with E-state index in [2.05, 4.69) is 42.1 Å². The number of carbonyl (C=O) groups excluding carboxylic acids is 1. The normalized spacial score (nSPS) is 11.1. The summed E-state index contributed by atoms with van der Waals surface area (Å²) in [6.45, 7) is 0. The van der Waals surface area contributed by atoms with E-state index in [9.17, 15) is 4.79 Å². The van der Waals surface area contributed by atoms with Crippen molar-refractivity contribution in [2.45, 2.75) is 0 Å². The summed E-state index contributed by atoms with van der Waals surface area (Å²) in [6.07, 6.45) is 0. The number of rotatable bonds is 4. The van der Waals surface area contributed by atoms with Crippen molar-refractivity contribution in [3.05, 3.63) is 91.0 Å². The average molecular weight is 318 g/mol. The first-order valence-electron chi connectivity index (χ1n) is 7.13. The average Bonchev–Trinajstić information content (AvgIpc) is 2.62. The maximum Gasteiger partial charge on any atom is 0.217 e. The lowest BCUT2D eigenvalue weighted by Gasteiger charge is -2.28. The molecule has 0 heterocycles. The number of hydrogen-bond donors (Lipinski definition) is 0. The maximum absolute atomic E-state index is 11.4. The second-order valence-corrected chi connectivity index (χ2v) is 11.3. The summed E-state index contributed by atoms with van der Waals surface area (Å²) in [5.74, 6) is 0. The first kappa shape index (κ1) is 14.7. The first-order valence-corrected chi connectivity index (χ1v) is 10.9. The lowest BCUT2D eigenvalue weighted by atomic mass is 10.3. The number of hydrogen-bond acceptors (Lipinski definition) is 1. The molecule has 106 valence electrons. The van der Waals surface area contributed by atoms with E-state index in [1.54, 1.807) is 0 Å². The van der Waals surface area contributed by atoms with Crippen LogP contribution in [0, 0.1) is 0 Å². The molecule has 0 amide bonds. The molecule has 0 aromatic heterocycles. The van der Waals surface area contributed by atoms with Gasteiger partial charge in [-0.25, -0.2) is 4.79 Å². The van der Waals surface area contributed by atoms with Crippen LogP contribution in [0.3, 0.4) is 0 Å². The lowest BCUT2D eigenvalue weighted by Crippen LogP contribution is -2.62. The van der Waals surface area contributed by atoms with Gasteiger partial charge in [-0.2, -0.15) is 0 Å². The zero-order valence-electron chi connectivity index (χ0n) is 12.0. The van der Waals surface area contributed by atoms with E-state index in [0.717, 1.165) is 7.75 Å². The minimum Gasteiger partial charge on any atom is -0.229 e. The largest absolute Gasteiger partial charge is 0.229 e. The fraction of sp³-hybridized carbons (Fsp3) is 0. The van der Waals surface area contributed by atoms with Crippen LogP contribution in [0.2, 0.25) is 0 Å². The van der Waals surface area contributed by atoms with Gasteiger partial charge in [-0.1, -0.05) is 91.0 Å². The second-order valence-electron chi connectivity index (χ2n) is 5.01. The van der Waals surface area contributed by atoms with Crippen molar-refractivity contribution >= 4 is 36.7 Å². The topological polar surface area (TPSA) is 17.1 Å². The molecule has 1 nitrogen and oxygen atoms in total. The third-order valence-corrected chi connectivity index (χ3v) is 11.3. The highest BCUT2D eigenvalue weighted by molar-refractivity contribution is 7.88. The van der Waals surface area contributed by atoms with Crippen molar-refractivity contribution in [2.24, 2.45) is 0 Å². The van der Waals surface area contributed by atoms with Gasteiger partial charge < -0.3 is 0 Å².